The maximum Gasteiger partial charge on any atom is 0.322 e. The van der Waals surface area contributed by atoms with Crippen molar-refractivity contribution in [2.75, 3.05) is 28.3 Å². The van der Waals surface area contributed by atoms with Gasteiger partial charge in [0.2, 0.25) is 0 Å². The summed E-state index contributed by atoms with van der Waals surface area (Å²) in [6, 6.07) is -0.524. The monoisotopic (exact) mass is 372 g/mol. The Hall–Kier alpha value is -1.47. The summed E-state index contributed by atoms with van der Waals surface area (Å²) in [7, 11) is 6.27. The van der Waals surface area contributed by atoms with Crippen LogP contribution < -0.4 is 10.6 Å². The number of carbonyl (C=O) groups excluding carboxylic acids is 3. The zero-order valence-corrected chi connectivity index (χ0v) is 16.8. The van der Waals surface area contributed by atoms with Gasteiger partial charge in [-0.3, -0.25) is 14.4 Å². The normalized spacial score (nSPS) is 13.1. The number of Topliss-reactive ketones (excluding diaryl/α,β-unsaturated/α-hetero) is 1. The van der Waals surface area contributed by atoms with Crippen molar-refractivity contribution in [2.45, 2.75) is 76.3 Å². The van der Waals surface area contributed by atoms with Gasteiger partial charge in [-0.05, 0) is 39.8 Å². The molecule has 0 rings (SSSR count). The highest BCUT2D eigenvalue weighted by Gasteiger charge is 2.16. The van der Waals surface area contributed by atoms with E-state index in [0.29, 0.717) is 18.6 Å². The van der Waals surface area contributed by atoms with Gasteiger partial charge in [0.25, 0.3) is 0 Å². The van der Waals surface area contributed by atoms with Gasteiger partial charge in [-0.25, -0.2) is 0 Å². The first-order valence-corrected chi connectivity index (χ1v) is 9.52. The molecule has 0 amide bonds. The fourth-order valence-electron chi connectivity index (χ4n) is 2.86. The van der Waals surface area contributed by atoms with E-state index >= 15 is 0 Å². The van der Waals surface area contributed by atoms with E-state index < -0.39 is 0 Å². The molecule has 0 aromatic carbocycles. The Morgan fingerprint density at radius 3 is 1.38 bits per heavy atom. The molecule has 0 saturated carbocycles. The zero-order chi connectivity index (χ0) is 19.8. The van der Waals surface area contributed by atoms with Gasteiger partial charge in [-0.1, -0.05) is 25.7 Å². The van der Waals surface area contributed by atoms with E-state index in [2.05, 4.69) is 10.6 Å². The van der Waals surface area contributed by atoms with Crippen LogP contribution in [0.1, 0.15) is 64.2 Å². The van der Waals surface area contributed by atoms with Crippen LogP contribution in [-0.2, 0) is 23.9 Å². The van der Waals surface area contributed by atoms with Gasteiger partial charge < -0.3 is 20.1 Å². The quantitative estimate of drug-likeness (QED) is 0.316. The third-order valence-corrected chi connectivity index (χ3v) is 4.57. The number of likely N-dealkylation sites (N-methyl/N-ethyl adjacent to an activating group) is 2. The highest BCUT2D eigenvalue weighted by Crippen LogP contribution is 2.11. The number of hydrogen-bond donors (Lipinski definition) is 2. The van der Waals surface area contributed by atoms with Crippen LogP contribution in [-0.4, -0.2) is 58.1 Å². The second-order valence-corrected chi connectivity index (χ2v) is 6.47. The van der Waals surface area contributed by atoms with Crippen LogP contribution in [0.4, 0.5) is 0 Å². The highest BCUT2D eigenvalue weighted by molar-refractivity contribution is 5.78. The summed E-state index contributed by atoms with van der Waals surface area (Å²) >= 11 is 0. The van der Waals surface area contributed by atoms with Gasteiger partial charge in [0.1, 0.15) is 17.9 Å². The summed E-state index contributed by atoms with van der Waals surface area (Å²) in [5.74, 6) is -0.186. The fourth-order valence-corrected chi connectivity index (χ4v) is 2.86. The maximum absolute atomic E-state index is 11.9. The lowest BCUT2D eigenvalue weighted by Gasteiger charge is -2.13. The number of esters is 2. The molecule has 0 aromatic heterocycles. The molecule has 0 fully saturated rings. The zero-order valence-electron chi connectivity index (χ0n) is 16.8. The Morgan fingerprint density at radius 2 is 1.08 bits per heavy atom. The predicted molar refractivity (Wildman–Crippen MR) is 101 cm³/mol. The molecule has 0 bridgehead atoms. The van der Waals surface area contributed by atoms with Gasteiger partial charge >= 0.3 is 11.9 Å². The summed E-state index contributed by atoms with van der Waals surface area (Å²) in [5, 5.41) is 5.88. The highest BCUT2D eigenvalue weighted by atomic mass is 16.5. The van der Waals surface area contributed by atoms with E-state index in [0.717, 1.165) is 51.4 Å². The molecule has 26 heavy (non-hydrogen) atoms. The largest absolute Gasteiger partial charge is 0.468 e. The first-order valence-electron chi connectivity index (χ1n) is 9.52. The van der Waals surface area contributed by atoms with E-state index in [4.69, 9.17) is 9.47 Å². The Morgan fingerprint density at radius 1 is 0.692 bits per heavy atom. The lowest BCUT2D eigenvalue weighted by atomic mass is 10.0. The number of hydrogen-bond acceptors (Lipinski definition) is 7. The average molecular weight is 373 g/mol. The van der Waals surface area contributed by atoms with Gasteiger partial charge in [0.05, 0.1) is 14.2 Å². The molecule has 0 aliphatic carbocycles. The molecule has 152 valence electrons. The van der Waals surface area contributed by atoms with Crippen LogP contribution in [0.25, 0.3) is 0 Å². The van der Waals surface area contributed by atoms with E-state index in [1.807, 2.05) is 0 Å². The summed E-state index contributed by atoms with van der Waals surface area (Å²) in [4.78, 5) is 34.8. The molecule has 0 aromatic rings. The van der Waals surface area contributed by atoms with Gasteiger partial charge in [0.15, 0.2) is 0 Å². The van der Waals surface area contributed by atoms with Crippen molar-refractivity contribution in [3.8, 4) is 0 Å². The average Bonchev–Trinajstić information content (AvgIpc) is 2.66. The minimum atomic E-state index is -0.262. The van der Waals surface area contributed by atoms with Crippen molar-refractivity contribution in [3.63, 3.8) is 0 Å². The molecule has 0 aliphatic heterocycles. The fraction of sp³-hybridized carbons (Fsp3) is 0.842. The first-order chi connectivity index (χ1) is 12.5. The summed E-state index contributed by atoms with van der Waals surface area (Å²) in [6.07, 6.45) is 8.04. The molecule has 0 saturated heterocycles. The number of methoxy groups -OCH3 is 2. The molecule has 2 atom stereocenters. The molecule has 0 aliphatic rings. The van der Waals surface area contributed by atoms with Gasteiger partial charge in [-0.15, -0.1) is 0 Å². The van der Waals surface area contributed by atoms with Crippen LogP contribution in [0.5, 0.6) is 0 Å². The Bertz CT molecular complexity index is 379. The Balaban J connectivity index is 3.66. The third kappa shape index (κ3) is 11.2. The predicted octanol–water partition coefficient (Wildman–Crippen LogP) is 1.98. The smallest absolute Gasteiger partial charge is 0.322 e. The van der Waals surface area contributed by atoms with Crippen molar-refractivity contribution in [2.24, 2.45) is 0 Å². The first kappa shape index (κ1) is 24.5. The number of rotatable bonds is 16. The van der Waals surface area contributed by atoms with Crippen molar-refractivity contribution >= 4 is 17.7 Å². The molecule has 0 spiro atoms. The topological polar surface area (TPSA) is 93.7 Å². The lowest BCUT2D eigenvalue weighted by Crippen LogP contribution is -2.34. The minimum Gasteiger partial charge on any atom is -0.468 e. The SMILES string of the molecule is CNC(CCCCCC(=O)CCCCCC(NC)C(=O)OC)C(=O)OC. The van der Waals surface area contributed by atoms with E-state index in [9.17, 15) is 14.4 Å². The third-order valence-electron chi connectivity index (χ3n) is 4.57. The van der Waals surface area contributed by atoms with E-state index in [1.165, 1.54) is 14.2 Å². The maximum atomic E-state index is 11.9. The van der Waals surface area contributed by atoms with Crippen LogP contribution in [0.15, 0.2) is 0 Å². The van der Waals surface area contributed by atoms with Crippen LogP contribution >= 0.6 is 0 Å². The van der Waals surface area contributed by atoms with Gasteiger partial charge in [-0.2, -0.15) is 0 Å². The number of carbonyl (C=O) groups is 3. The summed E-state index contributed by atoms with van der Waals surface area (Å²) < 4.78 is 9.44. The minimum absolute atomic E-state index is 0.240. The molecule has 0 heterocycles. The van der Waals surface area contributed by atoms with Crippen molar-refractivity contribution in [1.29, 1.82) is 0 Å². The molecular formula is C19H36N2O5. The second-order valence-electron chi connectivity index (χ2n) is 6.47. The number of ketones is 1. The summed E-state index contributed by atoms with van der Waals surface area (Å²) in [5.41, 5.74) is 0. The number of unbranched alkanes of at least 4 members (excludes halogenated alkanes) is 4. The molecule has 2 N–H and O–H groups in total. The molecular weight excluding hydrogens is 336 g/mol. The molecule has 0 radical (unpaired) electrons. The second kappa shape index (κ2) is 15.8. The number of nitrogens with one attached hydrogen (secondary N) is 2. The number of ether oxygens (including phenoxy) is 2. The molecule has 7 heteroatoms. The Labute approximate surface area is 157 Å². The van der Waals surface area contributed by atoms with Crippen LogP contribution in [0.2, 0.25) is 0 Å². The standard InChI is InChI=1S/C19H36N2O5/c1-20-16(18(23)25-3)13-9-5-7-11-15(22)12-8-6-10-14-17(21-2)19(24)26-4/h16-17,20-21H,5-14H2,1-4H3. The summed E-state index contributed by atoms with van der Waals surface area (Å²) in [6.45, 7) is 0. The van der Waals surface area contributed by atoms with Crippen molar-refractivity contribution in [3.05, 3.63) is 0 Å². The van der Waals surface area contributed by atoms with E-state index in [1.54, 1.807) is 14.1 Å². The van der Waals surface area contributed by atoms with Crippen molar-refractivity contribution in [1.82, 2.24) is 10.6 Å². The lowest BCUT2D eigenvalue weighted by molar-refractivity contribution is -0.144. The molecule has 2 unspecified atom stereocenters. The van der Waals surface area contributed by atoms with Crippen LogP contribution in [0, 0.1) is 0 Å². The van der Waals surface area contributed by atoms with E-state index in [-0.39, 0.29) is 24.0 Å². The Kier molecular flexibility index (Phi) is 14.9. The van der Waals surface area contributed by atoms with Gasteiger partial charge in [0, 0.05) is 12.8 Å². The molecule has 7 nitrogen and oxygen atoms in total. The van der Waals surface area contributed by atoms with Crippen LogP contribution in [0.3, 0.4) is 0 Å². The van der Waals surface area contributed by atoms with Crippen molar-refractivity contribution < 1.29 is 23.9 Å².